The molecule has 0 atom stereocenters. The molecule has 6 heteroatoms. The second-order valence-corrected chi connectivity index (χ2v) is 5.31. The predicted octanol–water partition coefficient (Wildman–Crippen LogP) is 2.06. The molecule has 24 heavy (non-hydrogen) atoms. The number of rotatable bonds is 8. The van der Waals surface area contributed by atoms with Crippen molar-refractivity contribution in [3.63, 3.8) is 0 Å². The van der Waals surface area contributed by atoms with Crippen molar-refractivity contribution >= 4 is 5.91 Å². The SMILES string of the molecule is COc1cccc(C(=O)NCc2ccncc2C)c1OCCCN. The normalized spacial score (nSPS) is 10.3. The number of hydrogen-bond donors (Lipinski definition) is 2. The van der Waals surface area contributed by atoms with Crippen molar-refractivity contribution in [3.8, 4) is 11.5 Å². The Kier molecular flexibility index (Phi) is 6.57. The molecule has 0 aliphatic rings. The highest BCUT2D eigenvalue weighted by Gasteiger charge is 2.17. The van der Waals surface area contributed by atoms with Crippen LogP contribution in [-0.4, -0.2) is 31.2 Å². The zero-order valence-electron chi connectivity index (χ0n) is 14.0. The predicted molar refractivity (Wildman–Crippen MR) is 92.3 cm³/mol. The number of aryl methyl sites for hydroxylation is 1. The maximum Gasteiger partial charge on any atom is 0.255 e. The highest BCUT2D eigenvalue weighted by atomic mass is 16.5. The van der Waals surface area contributed by atoms with E-state index in [2.05, 4.69) is 10.3 Å². The number of nitrogens with one attached hydrogen (secondary N) is 1. The molecule has 3 N–H and O–H groups in total. The van der Waals surface area contributed by atoms with E-state index in [0.29, 0.717) is 43.2 Å². The maximum absolute atomic E-state index is 12.6. The number of ether oxygens (including phenoxy) is 2. The van der Waals surface area contributed by atoms with E-state index in [0.717, 1.165) is 11.1 Å². The minimum absolute atomic E-state index is 0.215. The number of hydrogen-bond acceptors (Lipinski definition) is 5. The van der Waals surface area contributed by atoms with E-state index >= 15 is 0 Å². The Morgan fingerprint density at radius 2 is 2.17 bits per heavy atom. The van der Waals surface area contributed by atoms with Gasteiger partial charge in [-0.3, -0.25) is 9.78 Å². The molecule has 0 aliphatic heterocycles. The molecular weight excluding hydrogens is 306 g/mol. The fourth-order valence-corrected chi connectivity index (χ4v) is 2.23. The molecule has 1 amide bonds. The average molecular weight is 329 g/mol. The van der Waals surface area contributed by atoms with Gasteiger partial charge in [-0.05, 0) is 49.2 Å². The van der Waals surface area contributed by atoms with Crippen molar-refractivity contribution in [3.05, 3.63) is 53.3 Å². The van der Waals surface area contributed by atoms with Crippen LogP contribution in [0.4, 0.5) is 0 Å². The van der Waals surface area contributed by atoms with Crippen molar-refractivity contribution in [2.24, 2.45) is 5.73 Å². The van der Waals surface area contributed by atoms with Crippen LogP contribution in [0.2, 0.25) is 0 Å². The van der Waals surface area contributed by atoms with Crippen molar-refractivity contribution in [2.75, 3.05) is 20.3 Å². The van der Waals surface area contributed by atoms with Crippen LogP contribution in [0.3, 0.4) is 0 Å². The number of pyridine rings is 1. The van der Waals surface area contributed by atoms with Crippen molar-refractivity contribution < 1.29 is 14.3 Å². The van der Waals surface area contributed by atoms with Gasteiger partial charge >= 0.3 is 0 Å². The molecule has 0 aliphatic carbocycles. The van der Waals surface area contributed by atoms with Crippen LogP contribution in [0, 0.1) is 6.92 Å². The largest absolute Gasteiger partial charge is 0.493 e. The molecule has 0 saturated heterocycles. The third-order valence-electron chi connectivity index (χ3n) is 3.61. The molecule has 2 rings (SSSR count). The Labute approximate surface area is 142 Å². The van der Waals surface area contributed by atoms with E-state index in [1.165, 1.54) is 0 Å². The number of carbonyl (C=O) groups is 1. The molecule has 0 bridgehead atoms. The minimum Gasteiger partial charge on any atom is -0.493 e. The Balaban J connectivity index is 2.14. The van der Waals surface area contributed by atoms with Crippen molar-refractivity contribution in [2.45, 2.75) is 19.9 Å². The molecule has 0 spiro atoms. The number of methoxy groups -OCH3 is 1. The molecule has 0 saturated carbocycles. The summed E-state index contributed by atoms with van der Waals surface area (Å²) < 4.78 is 11.0. The molecule has 1 aromatic carbocycles. The fraction of sp³-hybridized carbons (Fsp3) is 0.333. The van der Waals surface area contributed by atoms with Crippen LogP contribution in [-0.2, 0) is 6.54 Å². The molecule has 1 heterocycles. The molecule has 6 nitrogen and oxygen atoms in total. The summed E-state index contributed by atoms with van der Waals surface area (Å²) in [7, 11) is 1.55. The van der Waals surface area contributed by atoms with Crippen LogP contribution >= 0.6 is 0 Å². The van der Waals surface area contributed by atoms with Gasteiger partial charge in [0.25, 0.3) is 5.91 Å². The number of amides is 1. The maximum atomic E-state index is 12.6. The fourth-order valence-electron chi connectivity index (χ4n) is 2.23. The molecule has 0 fully saturated rings. The van der Waals surface area contributed by atoms with E-state index < -0.39 is 0 Å². The van der Waals surface area contributed by atoms with Gasteiger partial charge in [0.2, 0.25) is 0 Å². The summed E-state index contributed by atoms with van der Waals surface area (Å²) in [6, 6.07) is 7.14. The number of carbonyl (C=O) groups excluding carboxylic acids is 1. The van der Waals surface area contributed by atoms with Crippen LogP contribution in [0.15, 0.2) is 36.7 Å². The summed E-state index contributed by atoms with van der Waals surface area (Å²) in [6.45, 7) is 3.34. The molecular formula is C18H23N3O3. The molecule has 1 aromatic heterocycles. The van der Waals surface area contributed by atoms with E-state index in [1.54, 1.807) is 37.7 Å². The number of para-hydroxylation sites is 1. The van der Waals surface area contributed by atoms with Gasteiger partial charge in [0.15, 0.2) is 11.5 Å². The lowest BCUT2D eigenvalue weighted by molar-refractivity contribution is 0.0946. The van der Waals surface area contributed by atoms with Crippen LogP contribution in [0.1, 0.15) is 27.9 Å². The van der Waals surface area contributed by atoms with Gasteiger partial charge in [0.05, 0.1) is 19.3 Å². The smallest absolute Gasteiger partial charge is 0.255 e. The Morgan fingerprint density at radius 1 is 1.33 bits per heavy atom. The monoisotopic (exact) mass is 329 g/mol. The van der Waals surface area contributed by atoms with E-state index in [1.807, 2.05) is 13.0 Å². The molecule has 0 unspecified atom stereocenters. The first-order valence-corrected chi connectivity index (χ1v) is 7.85. The Hall–Kier alpha value is -2.60. The van der Waals surface area contributed by atoms with Gasteiger partial charge in [-0.1, -0.05) is 6.07 Å². The summed E-state index contributed by atoms with van der Waals surface area (Å²) in [5.74, 6) is 0.755. The van der Waals surface area contributed by atoms with E-state index in [-0.39, 0.29) is 5.91 Å². The first-order chi connectivity index (χ1) is 11.7. The third-order valence-corrected chi connectivity index (χ3v) is 3.61. The summed E-state index contributed by atoms with van der Waals surface area (Å²) in [5, 5.41) is 2.91. The quantitative estimate of drug-likeness (QED) is 0.724. The van der Waals surface area contributed by atoms with E-state index in [9.17, 15) is 4.79 Å². The lowest BCUT2D eigenvalue weighted by Gasteiger charge is -2.15. The number of benzene rings is 1. The molecule has 128 valence electrons. The number of nitrogens with two attached hydrogens (primary N) is 1. The summed E-state index contributed by atoms with van der Waals surface area (Å²) >= 11 is 0. The second-order valence-electron chi connectivity index (χ2n) is 5.31. The standard InChI is InChI=1S/C18H23N3O3/c1-13-11-20-9-7-14(13)12-21-18(22)15-5-3-6-16(23-2)17(15)24-10-4-8-19/h3,5-7,9,11H,4,8,10,12,19H2,1-2H3,(H,21,22). The molecule has 0 radical (unpaired) electrons. The van der Waals surface area contributed by atoms with Crippen LogP contribution in [0.25, 0.3) is 0 Å². The molecule has 2 aromatic rings. The number of aromatic nitrogens is 1. The van der Waals surface area contributed by atoms with Gasteiger partial charge in [0.1, 0.15) is 0 Å². The Morgan fingerprint density at radius 3 is 2.88 bits per heavy atom. The summed E-state index contributed by atoms with van der Waals surface area (Å²) in [6.07, 6.45) is 4.19. The van der Waals surface area contributed by atoms with Crippen LogP contribution in [0.5, 0.6) is 11.5 Å². The van der Waals surface area contributed by atoms with Crippen molar-refractivity contribution in [1.82, 2.24) is 10.3 Å². The van der Waals surface area contributed by atoms with Crippen molar-refractivity contribution in [1.29, 1.82) is 0 Å². The lowest BCUT2D eigenvalue weighted by atomic mass is 10.1. The first-order valence-electron chi connectivity index (χ1n) is 7.85. The topological polar surface area (TPSA) is 86.5 Å². The van der Waals surface area contributed by atoms with Gasteiger partial charge in [-0.2, -0.15) is 0 Å². The summed E-state index contributed by atoms with van der Waals surface area (Å²) in [5.41, 5.74) is 7.99. The average Bonchev–Trinajstić information content (AvgIpc) is 2.61. The zero-order chi connectivity index (χ0) is 17.4. The van der Waals surface area contributed by atoms with Gasteiger partial charge < -0.3 is 20.5 Å². The lowest BCUT2D eigenvalue weighted by Crippen LogP contribution is -2.24. The Bertz CT molecular complexity index is 689. The third kappa shape index (κ3) is 4.45. The van der Waals surface area contributed by atoms with Gasteiger partial charge in [-0.25, -0.2) is 0 Å². The highest BCUT2D eigenvalue weighted by Crippen LogP contribution is 2.31. The van der Waals surface area contributed by atoms with E-state index in [4.69, 9.17) is 15.2 Å². The summed E-state index contributed by atoms with van der Waals surface area (Å²) in [4.78, 5) is 16.6. The van der Waals surface area contributed by atoms with Crippen LogP contribution < -0.4 is 20.5 Å². The number of nitrogens with zero attached hydrogens (tertiary/aromatic N) is 1. The minimum atomic E-state index is -0.215. The highest BCUT2D eigenvalue weighted by molar-refractivity contribution is 5.97. The second kappa shape index (κ2) is 8.88. The zero-order valence-corrected chi connectivity index (χ0v) is 14.0. The first kappa shape index (κ1) is 17.7. The van der Waals surface area contributed by atoms with Gasteiger partial charge in [0, 0.05) is 18.9 Å². The van der Waals surface area contributed by atoms with Gasteiger partial charge in [-0.15, -0.1) is 0 Å².